The van der Waals surface area contributed by atoms with E-state index in [0.717, 1.165) is 24.3 Å². The van der Waals surface area contributed by atoms with Crippen molar-refractivity contribution >= 4 is 17.2 Å². The van der Waals surface area contributed by atoms with Gasteiger partial charge in [-0.3, -0.25) is 9.78 Å². The van der Waals surface area contributed by atoms with Gasteiger partial charge in [-0.2, -0.15) is 0 Å². The number of thiazole rings is 1. The normalized spacial score (nSPS) is 21.7. The summed E-state index contributed by atoms with van der Waals surface area (Å²) in [6.45, 7) is 1.39. The van der Waals surface area contributed by atoms with Gasteiger partial charge in [0.25, 0.3) is 5.91 Å². The van der Waals surface area contributed by atoms with E-state index in [1.807, 2.05) is 4.90 Å². The van der Waals surface area contributed by atoms with Gasteiger partial charge in [-0.15, -0.1) is 11.3 Å². The largest absolute Gasteiger partial charge is 0.334 e. The van der Waals surface area contributed by atoms with E-state index in [9.17, 15) is 4.79 Å². The van der Waals surface area contributed by atoms with Gasteiger partial charge in [0.1, 0.15) is 4.88 Å². The molecule has 1 unspecified atom stereocenters. The summed E-state index contributed by atoms with van der Waals surface area (Å²) in [5, 5.41) is 0. The lowest BCUT2D eigenvalue weighted by Crippen LogP contribution is -2.47. The zero-order chi connectivity index (χ0) is 10.7. The number of hydrogen-bond acceptors (Lipinski definition) is 4. The zero-order valence-electron chi connectivity index (χ0n) is 8.56. The molecule has 1 fully saturated rings. The Labute approximate surface area is 93.1 Å². The summed E-state index contributed by atoms with van der Waals surface area (Å²) in [6, 6.07) is 0.216. The molecule has 0 saturated carbocycles. The van der Waals surface area contributed by atoms with Gasteiger partial charge in [-0.05, 0) is 19.3 Å². The topological polar surface area (TPSA) is 59.2 Å². The molecule has 1 aromatic heterocycles. The Bertz CT molecular complexity index is 325. The molecule has 5 heteroatoms. The van der Waals surface area contributed by atoms with E-state index in [-0.39, 0.29) is 11.9 Å². The highest BCUT2D eigenvalue weighted by Gasteiger charge is 2.26. The highest BCUT2D eigenvalue weighted by atomic mass is 32.1. The van der Waals surface area contributed by atoms with E-state index in [0.29, 0.717) is 6.54 Å². The third-order valence-electron chi connectivity index (χ3n) is 2.80. The maximum atomic E-state index is 12.1. The fourth-order valence-electron chi connectivity index (χ4n) is 1.98. The summed E-state index contributed by atoms with van der Waals surface area (Å²) in [5.41, 5.74) is 7.37. The van der Waals surface area contributed by atoms with Crippen molar-refractivity contribution in [1.29, 1.82) is 0 Å². The Kier molecular flexibility index (Phi) is 3.33. The number of nitrogens with zero attached hydrogens (tertiary/aromatic N) is 2. The lowest BCUT2D eigenvalue weighted by Gasteiger charge is -2.34. The molecule has 82 valence electrons. The van der Waals surface area contributed by atoms with E-state index in [2.05, 4.69) is 4.98 Å². The van der Waals surface area contributed by atoms with E-state index < -0.39 is 0 Å². The number of likely N-dealkylation sites (tertiary alicyclic amines) is 1. The van der Waals surface area contributed by atoms with Crippen LogP contribution >= 0.6 is 11.3 Å². The van der Waals surface area contributed by atoms with Crippen LogP contribution in [0.3, 0.4) is 0 Å². The van der Waals surface area contributed by atoms with Gasteiger partial charge in [-0.25, -0.2) is 0 Å². The van der Waals surface area contributed by atoms with Gasteiger partial charge in [0, 0.05) is 19.1 Å². The molecule has 2 heterocycles. The second-order valence-corrected chi connectivity index (χ2v) is 4.64. The minimum atomic E-state index is 0.0904. The first-order valence-electron chi connectivity index (χ1n) is 5.22. The van der Waals surface area contributed by atoms with Crippen LogP contribution in [0.5, 0.6) is 0 Å². The molecule has 0 aliphatic carbocycles. The Balaban J connectivity index is 2.11. The highest BCUT2D eigenvalue weighted by Crippen LogP contribution is 2.20. The molecule has 1 aliphatic rings. The molecule has 0 radical (unpaired) electrons. The molecule has 1 saturated heterocycles. The lowest BCUT2D eigenvalue weighted by atomic mass is 10.0. The van der Waals surface area contributed by atoms with Crippen LogP contribution in [0.2, 0.25) is 0 Å². The molecule has 0 bridgehead atoms. The van der Waals surface area contributed by atoms with Crippen molar-refractivity contribution in [3.05, 3.63) is 16.6 Å². The Morgan fingerprint density at radius 3 is 3.20 bits per heavy atom. The summed E-state index contributed by atoms with van der Waals surface area (Å²) < 4.78 is 0. The van der Waals surface area contributed by atoms with Crippen molar-refractivity contribution in [2.45, 2.75) is 25.3 Å². The lowest BCUT2D eigenvalue weighted by molar-refractivity contribution is 0.0628. The number of nitrogens with two attached hydrogens (primary N) is 1. The standard InChI is InChI=1S/C10H15N3OS/c11-5-8-3-1-2-4-13(8)10(14)9-6-12-7-15-9/h6-8H,1-5,11H2. The minimum Gasteiger partial charge on any atom is -0.334 e. The highest BCUT2D eigenvalue weighted by molar-refractivity contribution is 7.11. The van der Waals surface area contributed by atoms with Crippen LogP contribution in [-0.2, 0) is 0 Å². The first kappa shape index (κ1) is 10.6. The molecular formula is C10H15N3OS. The van der Waals surface area contributed by atoms with Crippen LogP contribution in [0.1, 0.15) is 28.9 Å². The van der Waals surface area contributed by atoms with Crippen molar-refractivity contribution < 1.29 is 4.79 Å². The van der Waals surface area contributed by atoms with E-state index in [1.54, 1.807) is 11.7 Å². The molecule has 0 spiro atoms. The maximum Gasteiger partial charge on any atom is 0.265 e. The molecular weight excluding hydrogens is 210 g/mol. The Morgan fingerprint density at radius 1 is 1.67 bits per heavy atom. The van der Waals surface area contributed by atoms with Gasteiger partial charge >= 0.3 is 0 Å². The third kappa shape index (κ3) is 2.18. The SMILES string of the molecule is NCC1CCCCN1C(=O)c1cncs1. The van der Waals surface area contributed by atoms with Crippen LogP contribution in [0.25, 0.3) is 0 Å². The fourth-order valence-corrected chi connectivity index (χ4v) is 2.55. The molecule has 1 amide bonds. The van der Waals surface area contributed by atoms with Crippen LogP contribution < -0.4 is 5.73 Å². The molecule has 1 aromatic rings. The van der Waals surface area contributed by atoms with Gasteiger partial charge in [-0.1, -0.05) is 0 Å². The van der Waals surface area contributed by atoms with E-state index in [1.165, 1.54) is 17.8 Å². The number of hydrogen-bond donors (Lipinski definition) is 1. The predicted molar refractivity (Wildman–Crippen MR) is 59.8 cm³/mol. The first-order chi connectivity index (χ1) is 7.33. The number of aromatic nitrogens is 1. The van der Waals surface area contributed by atoms with Gasteiger partial charge in [0.05, 0.1) is 11.7 Å². The summed E-state index contributed by atoms with van der Waals surface area (Å²) in [6.07, 6.45) is 4.92. The van der Waals surface area contributed by atoms with Crippen LogP contribution in [0.4, 0.5) is 0 Å². The van der Waals surface area contributed by atoms with E-state index in [4.69, 9.17) is 5.73 Å². The molecule has 1 atom stereocenters. The van der Waals surface area contributed by atoms with Crippen LogP contribution in [0, 0.1) is 0 Å². The summed E-state index contributed by atoms with van der Waals surface area (Å²) in [5.74, 6) is 0.0904. The van der Waals surface area contributed by atoms with Crippen LogP contribution in [0.15, 0.2) is 11.7 Å². The summed E-state index contributed by atoms with van der Waals surface area (Å²) >= 11 is 1.39. The molecule has 2 N–H and O–H groups in total. The summed E-state index contributed by atoms with van der Waals surface area (Å²) in [7, 11) is 0. The van der Waals surface area contributed by atoms with Gasteiger partial charge in [0.2, 0.25) is 0 Å². The summed E-state index contributed by atoms with van der Waals surface area (Å²) in [4.78, 5) is 18.6. The van der Waals surface area contributed by atoms with E-state index >= 15 is 0 Å². The molecule has 0 aromatic carbocycles. The predicted octanol–water partition coefficient (Wildman–Crippen LogP) is 1.10. The number of carbonyl (C=O) groups is 1. The van der Waals surface area contributed by atoms with Gasteiger partial charge in [0.15, 0.2) is 0 Å². The second kappa shape index (κ2) is 4.72. The number of piperidine rings is 1. The maximum absolute atomic E-state index is 12.1. The van der Waals surface area contributed by atoms with Crippen LogP contribution in [-0.4, -0.2) is 34.9 Å². The van der Waals surface area contributed by atoms with Crippen molar-refractivity contribution in [3.63, 3.8) is 0 Å². The smallest absolute Gasteiger partial charge is 0.265 e. The van der Waals surface area contributed by atoms with Crippen molar-refractivity contribution in [2.24, 2.45) is 5.73 Å². The third-order valence-corrected chi connectivity index (χ3v) is 3.56. The molecule has 1 aliphatic heterocycles. The number of amides is 1. The molecule has 4 nitrogen and oxygen atoms in total. The first-order valence-corrected chi connectivity index (χ1v) is 6.10. The van der Waals surface area contributed by atoms with Gasteiger partial charge < -0.3 is 10.6 Å². The number of rotatable bonds is 2. The quantitative estimate of drug-likeness (QED) is 0.820. The fraction of sp³-hybridized carbons (Fsp3) is 0.600. The minimum absolute atomic E-state index is 0.0904. The molecule has 15 heavy (non-hydrogen) atoms. The second-order valence-electron chi connectivity index (χ2n) is 3.75. The average Bonchev–Trinajstić information content (AvgIpc) is 2.81. The molecule has 2 rings (SSSR count). The Morgan fingerprint density at radius 2 is 2.53 bits per heavy atom. The number of carbonyl (C=O) groups excluding carboxylic acids is 1. The van der Waals surface area contributed by atoms with Crippen molar-refractivity contribution in [1.82, 2.24) is 9.88 Å². The van der Waals surface area contributed by atoms with Crippen molar-refractivity contribution in [3.8, 4) is 0 Å². The van der Waals surface area contributed by atoms with Crippen molar-refractivity contribution in [2.75, 3.05) is 13.1 Å². The Hall–Kier alpha value is -0.940. The average molecular weight is 225 g/mol. The monoisotopic (exact) mass is 225 g/mol. The zero-order valence-corrected chi connectivity index (χ0v) is 9.37.